The van der Waals surface area contributed by atoms with E-state index in [4.69, 9.17) is 30.5 Å². The summed E-state index contributed by atoms with van der Waals surface area (Å²) in [6.07, 6.45) is 7.66. The maximum absolute atomic E-state index is 13.6. The molecule has 3 aliphatic rings. The van der Waals surface area contributed by atoms with Crippen LogP contribution in [-0.2, 0) is 35.2 Å². The molecule has 3 fully saturated rings. The van der Waals surface area contributed by atoms with Crippen LogP contribution < -0.4 is 0 Å². The molecule has 0 saturated carbocycles. The summed E-state index contributed by atoms with van der Waals surface area (Å²) in [7, 11) is -3.54. The van der Waals surface area contributed by atoms with Crippen molar-refractivity contribution in [2.45, 2.75) is 152 Å². The second-order valence-electron chi connectivity index (χ2n) is 15.1. The van der Waals surface area contributed by atoms with Gasteiger partial charge in [0.2, 0.25) is 0 Å². The minimum absolute atomic E-state index is 0.00264. The molecule has 0 amide bonds. The van der Waals surface area contributed by atoms with Crippen LogP contribution in [0.25, 0.3) is 0 Å². The van der Waals surface area contributed by atoms with Gasteiger partial charge in [-0.1, -0.05) is 66.3 Å². The lowest BCUT2D eigenvalue weighted by atomic mass is 9.83. The highest BCUT2D eigenvalue weighted by atomic mass is 35.5. The summed E-state index contributed by atoms with van der Waals surface area (Å²) >= 11 is 6.86. The number of aryl methyl sites for hydroxylation is 1. The lowest BCUT2D eigenvalue weighted by Crippen LogP contribution is -2.32. The molecule has 10 atom stereocenters. The van der Waals surface area contributed by atoms with Crippen molar-refractivity contribution in [3.8, 4) is 0 Å². The van der Waals surface area contributed by atoms with Crippen molar-refractivity contribution < 1.29 is 32.5 Å². The van der Waals surface area contributed by atoms with E-state index in [0.29, 0.717) is 23.7 Å². The number of sulfone groups is 1. The number of aliphatic hydroxyl groups excluding tert-OH is 1. The van der Waals surface area contributed by atoms with Crippen LogP contribution in [-0.4, -0.2) is 74.7 Å². The predicted molar refractivity (Wildman–Crippen MR) is 198 cm³/mol. The van der Waals surface area contributed by atoms with E-state index >= 15 is 0 Å². The number of halogens is 1. The van der Waals surface area contributed by atoms with Gasteiger partial charge >= 0.3 is 0 Å². The highest BCUT2D eigenvalue weighted by molar-refractivity contribution is 7.91. The SMILES string of the molecule is C=C1C[C@H](CCC2OCCCO2)O[C@H]1CC[C@H](Cl)C[C@H](C)C(=C)[C@@H](O)C[C@@H]1O[C@H](C[C@H](C)CC)[C@@H](C)[C@H]1CS(=O)(=O)c1ccc(CC)cc1. The van der Waals surface area contributed by atoms with Crippen molar-refractivity contribution in [2.75, 3.05) is 19.0 Å². The molecule has 9 heteroatoms. The minimum atomic E-state index is -3.54. The fraction of sp³-hybridized carbons (Fsp3) is 0.750. The molecule has 3 heterocycles. The Balaban J connectivity index is 1.29. The van der Waals surface area contributed by atoms with E-state index in [1.807, 2.05) is 12.1 Å². The Morgan fingerprint density at radius 3 is 2.37 bits per heavy atom. The number of ether oxygens (including phenoxy) is 4. The summed E-state index contributed by atoms with van der Waals surface area (Å²) in [6.45, 7) is 20.7. The first-order valence-electron chi connectivity index (χ1n) is 18.8. The van der Waals surface area contributed by atoms with Crippen molar-refractivity contribution in [3.05, 3.63) is 54.1 Å². The number of aliphatic hydroxyl groups is 1. The molecule has 1 N–H and O–H groups in total. The lowest BCUT2D eigenvalue weighted by Gasteiger charge is -2.27. The Morgan fingerprint density at radius 2 is 1.71 bits per heavy atom. The zero-order valence-corrected chi connectivity index (χ0v) is 32.2. The molecule has 49 heavy (non-hydrogen) atoms. The molecule has 1 aromatic carbocycles. The first-order chi connectivity index (χ1) is 23.3. The molecule has 0 unspecified atom stereocenters. The summed E-state index contributed by atoms with van der Waals surface area (Å²) in [5.41, 5.74) is 2.95. The molecule has 1 aromatic rings. The molecule has 3 saturated heterocycles. The van der Waals surface area contributed by atoms with Crippen LogP contribution in [0.5, 0.6) is 0 Å². The molecule has 0 radical (unpaired) electrons. The molecule has 4 rings (SSSR count). The monoisotopic (exact) mass is 722 g/mol. The van der Waals surface area contributed by atoms with Gasteiger partial charge in [-0.05, 0) is 98.0 Å². The molecule has 0 bridgehead atoms. The molecule has 0 spiro atoms. The number of alkyl halides is 1. The normalized spacial score (nSPS) is 29.2. The Bertz CT molecular complexity index is 1290. The highest BCUT2D eigenvalue weighted by Crippen LogP contribution is 2.41. The van der Waals surface area contributed by atoms with E-state index in [1.165, 1.54) is 0 Å². The smallest absolute Gasteiger partial charge is 0.178 e. The quantitative estimate of drug-likeness (QED) is 0.113. The third-order valence-electron chi connectivity index (χ3n) is 11.3. The average molecular weight is 723 g/mol. The second kappa shape index (κ2) is 19.0. The topological polar surface area (TPSA) is 91.3 Å². The molecule has 278 valence electrons. The fourth-order valence-corrected chi connectivity index (χ4v) is 9.78. The zero-order chi connectivity index (χ0) is 35.7. The van der Waals surface area contributed by atoms with Crippen LogP contribution in [0.2, 0.25) is 0 Å². The van der Waals surface area contributed by atoms with Gasteiger partial charge in [0.25, 0.3) is 0 Å². The maximum atomic E-state index is 13.6. The van der Waals surface area contributed by atoms with Crippen LogP contribution in [0.3, 0.4) is 0 Å². The molecule has 3 aliphatic heterocycles. The maximum Gasteiger partial charge on any atom is 0.178 e. The Labute approximate surface area is 302 Å². The summed E-state index contributed by atoms with van der Waals surface area (Å²) < 4.78 is 51.6. The van der Waals surface area contributed by atoms with Gasteiger partial charge in [0.15, 0.2) is 16.1 Å². The zero-order valence-electron chi connectivity index (χ0n) is 30.7. The Kier molecular flexibility index (Phi) is 15.7. The van der Waals surface area contributed by atoms with E-state index in [-0.39, 0.29) is 59.6 Å². The second-order valence-corrected chi connectivity index (χ2v) is 17.8. The van der Waals surface area contributed by atoms with Crippen LogP contribution >= 0.6 is 11.6 Å². The largest absolute Gasteiger partial charge is 0.389 e. The minimum Gasteiger partial charge on any atom is -0.389 e. The van der Waals surface area contributed by atoms with Crippen molar-refractivity contribution >= 4 is 21.4 Å². The van der Waals surface area contributed by atoms with Gasteiger partial charge in [-0.2, -0.15) is 0 Å². The molecular formula is C40H63ClO7S. The first-order valence-corrected chi connectivity index (χ1v) is 20.9. The first kappa shape index (κ1) is 40.5. The summed E-state index contributed by atoms with van der Waals surface area (Å²) in [6, 6.07) is 7.22. The van der Waals surface area contributed by atoms with Crippen LogP contribution in [0.15, 0.2) is 53.5 Å². The van der Waals surface area contributed by atoms with Crippen LogP contribution in [0.4, 0.5) is 0 Å². The molecule has 0 aromatic heterocycles. The summed E-state index contributed by atoms with van der Waals surface area (Å²) in [4.78, 5) is 0.346. The van der Waals surface area contributed by atoms with Crippen molar-refractivity contribution in [1.82, 2.24) is 0 Å². The van der Waals surface area contributed by atoms with Crippen molar-refractivity contribution in [3.63, 3.8) is 0 Å². The summed E-state index contributed by atoms with van der Waals surface area (Å²) in [5, 5.41) is 11.3. The van der Waals surface area contributed by atoms with Gasteiger partial charge in [-0.25, -0.2) is 8.42 Å². The van der Waals surface area contributed by atoms with Gasteiger partial charge < -0.3 is 24.1 Å². The number of hydrogen-bond acceptors (Lipinski definition) is 7. The average Bonchev–Trinajstić information content (AvgIpc) is 3.59. The number of hydrogen-bond donors (Lipinski definition) is 1. The van der Waals surface area contributed by atoms with Crippen molar-refractivity contribution in [2.24, 2.45) is 23.7 Å². The van der Waals surface area contributed by atoms with E-state index in [1.54, 1.807) is 12.1 Å². The van der Waals surface area contributed by atoms with Gasteiger partial charge in [-0.15, -0.1) is 11.6 Å². The van der Waals surface area contributed by atoms with Gasteiger partial charge in [0.05, 0.1) is 54.4 Å². The number of benzene rings is 1. The van der Waals surface area contributed by atoms with E-state index in [9.17, 15) is 13.5 Å². The third-order valence-corrected chi connectivity index (χ3v) is 13.5. The third kappa shape index (κ3) is 11.6. The van der Waals surface area contributed by atoms with E-state index in [2.05, 4.69) is 47.8 Å². The van der Waals surface area contributed by atoms with Gasteiger partial charge in [0.1, 0.15) is 0 Å². The van der Waals surface area contributed by atoms with E-state index < -0.39 is 15.9 Å². The number of rotatable bonds is 19. The van der Waals surface area contributed by atoms with Gasteiger partial charge in [-0.3, -0.25) is 0 Å². The van der Waals surface area contributed by atoms with E-state index in [0.717, 1.165) is 87.7 Å². The van der Waals surface area contributed by atoms with Crippen LogP contribution in [0, 0.1) is 23.7 Å². The van der Waals surface area contributed by atoms with Gasteiger partial charge in [0, 0.05) is 24.1 Å². The van der Waals surface area contributed by atoms with Crippen molar-refractivity contribution in [1.29, 1.82) is 0 Å². The lowest BCUT2D eigenvalue weighted by molar-refractivity contribution is -0.184. The fourth-order valence-electron chi connectivity index (χ4n) is 7.62. The Morgan fingerprint density at radius 1 is 1.02 bits per heavy atom. The molecule has 7 nitrogen and oxygen atoms in total. The summed E-state index contributed by atoms with van der Waals surface area (Å²) in [5.74, 6) is 0.276. The standard InChI is InChI=1S/C40H63ClO7S/c1-8-26(3)21-38-30(7)35(25-49(43,44)34-15-11-31(9-2)12-16-34)39(48-38)24-36(42)29(6)27(4)22-32(41)13-17-37-28(5)23-33(47-37)14-18-40-45-19-10-20-46-40/h11-12,15-16,26-27,30,32-33,35-40,42H,5-6,8-10,13-14,17-25H2,1-4,7H3/t26-,27+,30+,32+,33+,35-,36+,37+,38-,39+/m1/s1. The van der Waals surface area contributed by atoms with Crippen LogP contribution in [0.1, 0.15) is 104 Å². The highest BCUT2D eigenvalue weighted by Gasteiger charge is 2.45. The molecule has 0 aliphatic carbocycles. The predicted octanol–water partition coefficient (Wildman–Crippen LogP) is 8.46. The molecular weight excluding hydrogens is 660 g/mol. The Hall–Kier alpha value is -1.26.